The quantitative estimate of drug-likeness (QED) is 0.765. The molecule has 124 valence electrons. The number of hydrogen-bond acceptors (Lipinski definition) is 3. The standard InChI is InChI=1S/C18H22N2O2.ClH/c1-22-17(15-8-3-2-4-9-15)13-20-18(21)12-11-14-7-5-6-10-16(14)19;/h2-10,17H,11-13,19H2,1H3,(H,20,21);1H. The van der Waals surface area contributed by atoms with Gasteiger partial charge >= 0.3 is 0 Å². The van der Waals surface area contributed by atoms with Crippen LogP contribution in [0.2, 0.25) is 0 Å². The maximum Gasteiger partial charge on any atom is 0.220 e. The molecule has 2 rings (SSSR count). The molecular formula is C18H23ClN2O2. The van der Waals surface area contributed by atoms with Crippen molar-refractivity contribution >= 4 is 24.0 Å². The van der Waals surface area contributed by atoms with Crippen molar-refractivity contribution in [3.63, 3.8) is 0 Å². The van der Waals surface area contributed by atoms with E-state index in [0.29, 0.717) is 19.4 Å². The number of amides is 1. The first kappa shape index (κ1) is 19.0. The topological polar surface area (TPSA) is 64.3 Å². The lowest BCUT2D eigenvalue weighted by Crippen LogP contribution is -2.29. The molecule has 0 bridgehead atoms. The highest BCUT2D eigenvalue weighted by atomic mass is 35.5. The highest BCUT2D eigenvalue weighted by Crippen LogP contribution is 2.15. The minimum absolute atomic E-state index is 0. The van der Waals surface area contributed by atoms with E-state index < -0.39 is 0 Å². The van der Waals surface area contributed by atoms with Crippen molar-refractivity contribution in [1.29, 1.82) is 0 Å². The molecular weight excluding hydrogens is 312 g/mol. The van der Waals surface area contributed by atoms with E-state index in [1.165, 1.54) is 0 Å². The van der Waals surface area contributed by atoms with Crippen LogP contribution in [-0.4, -0.2) is 19.6 Å². The summed E-state index contributed by atoms with van der Waals surface area (Å²) in [6, 6.07) is 17.5. The zero-order valence-electron chi connectivity index (χ0n) is 13.2. The van der Waals surface area contributed by atoms with Crippen LogP contribution in [0.25, 0.3) is 0 Å². The number of nitrogen functional groups attached to an aromatic ring is 1. The Balaban J connectivity index is 0.00000264. The number of halogens is 1. The average molecular weight is 335 g/mol. The number of ether oxygens (including phenoxy) is 1. The van der Waals surface area contributed by atoms with Crippen LogP contribution in [0.5, 0.6) is 0 Å². The van der Waals surface area contributed by atoms with Crippen molar-refractivity contribution in [3.8, 4) is 0 Å². The Morgan fingerprint density at radius 1 is 1.13 bits per heavy atom. The Morgan fingerprint density at radius 2 is 1.78 bits per heavy atom. The van der Waals surface area contributed by atoms with Crippen LogP contribution in [0.1, 0.15) is 23.7 Å². The minimum Gasteiger partial charge on any atom is -0.399 e. The smallest absolute Gasteiger partial charge is 0.220 e. The summed E-state index contributed by atoms with van der Waals surface area (Å²) in [5.74, 6) is 0.00114. The van der Waals surface area contributed by atoms with Gasteiger partial charge in [-0.05, 0) is 23.6 Å². The second-order valence-electron chi connectivity index (χ2n) is 5.14. The van der Waals surface area contributed by atoms with Crippen molar-refractivity contribution in [1.82, 2.24) is 5.32 Å². The summed E-state index contributed by atoms with van der Waals surface area (Å²) in [6.07, 6.45) is 0.924. The number of nitrogens with two attached hydrogens (primary N) is 1. The molecule has 0 spiro atoms. The first-order chi connectivity index (χ1) is 10.7. The summed E-state index contributed by atoms with van der Waals surface area (Å²) in [7, 11) is 1.65. The van der Waals surface area contributed by atoms with E-state index in [0.717, 1.165) is 16.8 Å². The summed E-state index contributed by atoms with van der Waals surface area (Å²) in [5, 5.41) is 2.92. The van der Waals surface area contributed by atoms with Crippen molar-refractivity contribution in [2.24, 2.45) is 0 Å². The van der Waals surface area contributed by atoms with Gasteiger partial charge < -0.3 is 15.8 Å². The molecule has 23 heavy (non-hydrogen) atoms. The molecule has 3 N–H and O–H groups in total. The Morgan fingerprint density at radius 3 is 2.43 bits per heavy atom. The Kier molecular flexibility index (Phi) is 8.16. The third-order valence-corrected chi connectivity index (χ3v) is 3.62. The monoisotopic (exact) mass is 334 g/mol. The number of hydrogen-bond donors (Lipinski definition) is 2. The molecule has 0 aliphatic carbocycles. The molecule has 2 aromatic rings. The van der Waals surface area contributed by atoms with Gasteiger partial charge in [-0.25, -0.2) is 0 Å². The third-order valence-electron chi connectivity index (χ3n) is 3.62. The van der Waals surface area contributed by atoms with Crippen molar-refractivity contribution in [2.75, 3.05) is 19.4 Å². The highest BCUT2D eigenvalue weighted by molar-refractivity contribution is 5.85. The number of benzene rings is 2. The molecule has 0 aromatic heterocycles. The van der Waals surface area contributed by atoms with Crippen molar-refractivity contribution < 1.29 is 9.53 Å². The molecule has 2 aromatic carbocycles. The first-order valence-electron chi connectivity index (χ1n) is 7.38. The van der Waals surface area contributed by atoms with Gasteiger partial charge in [0.15, 0.2) is 0 Å². The lowest BCUT2D eigenvalue weighted by Gasteiger charge is -2.16. The fourth-order valence-electron chi connectivity index (χ4n) is 2.31. The second kappa shape index (κ2) is 9.87. The summed E-state index contributed by atoms with van der Waals surface area (Å²) in [4.78, 5) is 12.0. The predicted octanol–water partition coefficient (Wildman–Crippen LogP) is 3.13. The second-order valence-corrected chi connectivity index (χ2v) is 5.14. The normalized spacial score (nSPS) is 11.3. The van der Waals surface area contributed by atoms with Gasteiger partial charge in [-0.3, -0.25) is 4.79 Å². The predicted molar refractivity (Wildman–Crippen MR) is 95.6 cm³/mol. The number of para-hydroxylation sites is 1. The van der Waals surface area contributed by atoms with Crippen molar-refractivity contribution in [2.45, 2.75) is 18.9 Å². The van der Waals surface area contributed by atoms with Crippen LogP contribution >= 0.6 is 12.4 Å². The van der Waals surface area contributed by atoms with E-state index in [1.54, 1.807) is 7.11 Å². The van der Waals surface area contributed by atoms with Gasteiger partial charge in [-0.15, -0.1) is 12.4 Å². The van der Waals surface area contributed by atoms with E-state index >= 15 is 0 Å². The molecule has 0 saturated carbocycles. The molecule has 0 aliphatic rings. The summed E-state index contributed by atoms with van der Waals surface area (Å²) in [5.41, 5.74) is 8.66. The number of aryl methyl sites for hydroxylation is 1. The largest absolute Gasteiger partial charge is 0.399 e. The first-order valence-corrected chi connectivity index (χ1v) is 7.38. The lowest BCUT2D eigenvalue weighted by molar-refractivity contribution is -0.121. The van der Waals surface area contributed by atoms with Gasteiger partial charge in [0, 0.05) is 25.8 Å². The molecule has 0 radical (unpaired) electrons. The number of carbonyl (C=O) groups is 1. The van der Waals surface area contributed by atoms with E-state index in [-0.39, 0.29) is 24.4 Å². The highest BCUT2D eigenvalue weighted by Gasteiger charge is 2.11. The van der Waals surface area contributed by atoms with E-state index in [9.17, 15) is 4.79 Å². The van der Waals surface area contributed by atoms with Crippen LogP contribution in [-0.2, 0) is 16.0 Å². The molecule has 4 nitrogen and oxygen atoms in total. The van der Waals surface area contributed by atoms with Gasteiger partial charge in [0.2, 0.25) is 5.91 Å². The SMILES string of the molecule is COC(CNC(=O)CCc1ccccc1N)c1ccccc1.Cl. The Bertz CT molecular complexity index is 605. The number of methoxy groups -OCH3 is 1. The molecule has 0 heterocycles. The fraction of sp³-hybridized carbons (Fsp3) is 0.278. The van der Waals surface area contributed by atoms with E-state index in [2.05, 4.69) is 5.32 Å². The Hall–Kier alpha value is -2.04. The fourth-order valence-corrected chi connectivity index (χ4v) is 2.31. The molecule has 1 unspecified atom stereocenters. The average Bonchev–Trinajstić information content (AvgIpc) is 2.55. The van der Waals surface area contributed by atoms with Crippen LogP contribution in [0, 0.1) is 0 Å². The maximum absolute atomic E-state index is 12.0. The summed E-state index contributed by atoms with van der Waals surface area (Å²) < 4.78 is 5.43. The minimum atomic E-state index is -0.132. The number of nitrogens with one attached hydrogen (secondary N) is 1. The van der Waals surface area contributed by atoms with Crippen LogP contribution < -0.4 is 11.1 Å². The van der Waals surface area contributed by atoms with Gasteiger partial charge in [0.05, 0.1) is 6.10 Å². The lowest BCUT2D eigenvalue weighted by atomic mass is 10.1. The van der Waals surface area contributed by atoms with Crippen molar-refractivity contribution in [3.05, 3.63) is 65.7 Å². The van der Waals surface area contributed by atoms with Crippen LogP contribution in [0.4, 0.5) is 5.69 Å². The number of rotatable bonds is 7. The number of carbonyl (C=O) groups excluding carboxylic acids is 1. The molecule has 5 heteroatoms. The van der Waals surface area contributed by atoms with E-state index in [4.69, 9.17) is 10.5 Å². The molecule has 0 aliphatic heterocycles. The van der Waals surface area contributed by atoms with Crippen LogP contribution in [0.3, 0.4) is 0 Å². The molecule has 1 amide bonds. The summed E-state index contributed by atoms with van der Waals surface area (Å²) in [6.45, 7) is 0.462. The zero-order chi connectivity index (χ0) is 15.8. The molecule has 0 saturated heterocycles. The summed E-state index contributed by atoms with van der Waals surface area (Å²) >= 11 is 0. The maximum atomic E-state index is 12.0. The third kappa shape index (κ3) is 5.93. The molecule has 1 atom stereocenters. The van der Waals surface area contributed by atoms with Gasteiger partial charge in [-0.2, -0.15) is 0 Å². The number of anilines is 1. The Labute approximate surface area is 143 Å². The molecule has 0 fully saturated rings. The van der Waals surface area contributed by atoms with Crippen LogP contribution in [0.15, 0.2) is 54.6 Å². The zero-order valence-corrected chi connectivity index (χ0v) is 14.0. The van der Waals surface area contributed by atoms with Gasteiger partial charge in [0.25, 0.3) is 0 Å². The van der Waals surface area contributed by atoms with Gasteiger partial charge in [-0.1, -0.05) is 48.5 Å². The van der Waals surface area contributed by atoms with E-state index in [1.807, 2.05) is 54.6 Å². The van der Waals surface area contributed by atoms with Gasteiger partial charge in [0.1, 0.15) is 0 Å².